The van der Waals surface area contributed by atoms with Gasteiger partial charge in [0.05, 0.1) is 36.1 Å². The van der Waals surface area contributed by atoms with E-state index in [2.05, 4.69) is 15.6 Å². The van der Waals surface area contributed by atoms with E-state index in [1.165, 1.54) is 13.1 Å². The van der Waals surface area contributed by atoms with E-state index in [1.54, 1.807) is 66.7 Å². The highest BCUT2D eigenvalue weighted by atomic mass is 16.5. The number of carbonyl (C=O) groups excluding carboxylic acids is 3. The molecule has 2 aromatic carbocycles. The minimum absolute atomic E-state index is 0.349. The molecule has 4 unspecified atom stereocenters. The highest BCUT2D eigenvalue weighted by molar-refractivity contribution is 6.11. The van der Waals surface area contributed by atoms with Gasteiger partial charge in [0.1, 0.15) is 23.2 Å². The van der Waals surface area contributed by atoms with E-state index in [0.29, 0.717) is 41.8 Å². The summed E-state index contributed by atoms with van der Waals surface area (Å²) in [5, 5.41) is 17.1. The fraction of sp³-hybridized carbons (Fsp3) is 0.333. The van der Waals surface area contributed by atoms with Gasteiger partial charge in [0.15, 0.2) is 0 Å². The van der Waals surface area contributed by atoms with Gasteiger partial charge in [-0.1, -0.05) is 30.3 Å². The number of nitrogens with one attached hydrogen (secondary N) is 2. The number of rotatable bonds is 9. The molecule has 1 aliphatic rings. The first kappa shape index (κ1) is 27.8. The number of amides is 2. The van der Waals surface area contributed by atoms with Crippen LogP contribution < -0.4 is 20.1 Å². The standard InChI is InChI=1S/C30H33N3O6/c1-4-38-23-15-8-6-12-19(23)32-28(35)26-22(34)18-30(3,37)27(25(26)21-14-10-11-17-31-21)29(36)33-20-13-7-9-16-24(20)39-5-2/h6-17,25-27,37H,4-5,18H2,1-3H3,(H,32,35)(H,33,36). The summed E-state index contributed by atoms with van der Waals surface area (Å²) < 4.78 is 11.3. The van der Waals surface area contributed by atoms with Crippen LogP contribution in [0.5, 0.6) is 11.5 Å². The molecule has 1 saturated carbocycles. The van der Waals surface area contributed by atoms with E-state index in [-0.39, 0.29) is 6.42 Å². The molecule has 0 radical (unpaired) electrons. The third-order valence-electron chi connectivity index (χ3n) is 6.75. The third-order valence-corrected chi connectivity index (χ3v) is 6.75. The smallest absolute Gasteiger partial charge is 0.235 e. The van der Waals surface area contributed by atoms with E-state index in [1.807, 2.05) is 13.8 Å². The zero-order valence-electron chi connectivity index (χ0n) is 22.2. The topological polar surface area (TPSA) is 127 Å². The maximum Gasteiger partial charge on any atom is 0.235 e. The predicted octanol–water partition coefficient (Wildman–Crippen LogP) is 4.20. The highest BCUT2D eigenvalue weighted by Crippen LogP contribution is 2.46. The molecule has 9 nitrogen and oxygen atoms in total. The number of ether oxygens (including phenoxy) is 2. The van der Waals surface area contributed by atoms with Gasteiger partial charge in [-0.2, -0.15) is 0 Å². The molecule has 0 bridgehead atoms. The van der Waals surface area contributed by atoms with Gasteiger partial charge in [-0.25, -0.2) is 0 Å². The Balaban J connectivity index is 1.74. The maximum atomic E-state index is 13.9. The van der Waals surface area contributed by atoms with Crippen LogP contribution >= 0.6 is 0 Å². The summed E-state index contributed by atoms with van der Waals surface area (Å²) in [7, 11) is 0. The van der Waals surface area contributed by atoms with Gasteiger partial charge >= 0.3 is 0 Å². The lowest BCUT2D eigenvalue weighted by Gasteiger charge is -2.44. The molecule has 0 aliphatic heterocycles. The molecule has 9 heteroatoms. The van der Waals surface area contributed by atoms with Crippen LogP contribution in [0.4, 0.5) is 11.4 Å². The number of Topliss-reactive ketones (excluding diaryl/α,β-unsaturated/α-hetero) is 1. The predicted molar refractivity (Wildman–Crippen MR) is 147 cm³/mol. The molecule has 3 aromatic rings. The fourth-order valence-electron chi connectivity index (χ4n) is 5.15. The monoisotopic (exact) mass is 531 g/mol. The SMILES string of the molecule is CCOc1ccccc1NC(=O)C1C(=O)CC(C)(O)C(C(=O)Nc2ccccc2OCC)C1c1ccccn1. The van der Waals surface area contributed by atoms with Crippen molar-refractivity contribution in [3.63, 3.8) is 0 Å². The van der Waals surface area contributed by atoms with Crippen molar-refractivity contribution in [2.45, 2.75) is 38.7 Å². The molecule has 0 spiro atoms. The molecular formula is C30H33N3O6. The van der Waals surface area contributed by atoms with E-state index in [9.17, 15) is 19.5 Å². The lowest BCUT2D eigenvalue weighted by atomic mass is 9.62. The number of ketones is 1. The zero-order chi connectivity index (χ0) is 28.0. The molecule has 1 heterocycles. The zero-order valence-corrected chi connectivity index (χ0v) is 22.2. The second-order valence-electron chi connectivity index (χ2n) is 9.57. The van der Waals surface area contributed by atoms with Crippen molar-refractivity contribution in [3.05, 3.63) is 78.6 Å². The van der Waals surface area contributed by atoms with Crippen LogP contribution in [0.15, 0.2) is 72.9 Å². The first-order chi connectivity index (χ1) is 18.8. The van der Waals surface area contributed by atoms with Crippen LogP contribution in [-0.4, -0.2) is 46.5 Å². The average Bonchev–Trinajstić information content (AvgIpc) is 2.90. The normalized spacial score (nSPS) is 22.6. The van der Waals surface area contributed by atoms with Gasteiger partial charge in [-0.15, -0.1) is 0 Å². The highest BCUT2D eigenvalue weighted by Gasteiger charge is 2.56. The fourth-order valence-corrected chi connectivity index (χ4v) is 5.15. The molecule has 4 rings (SSSR count). The molecule has 1 aliphatic carbocycles. The van der Waals surface area contributed by atoms with E-state index in [4.69, 9.17) is 9.47 Å². The van der Waals surface area contributed by atoms with Crippen LogP contribution in [0.2, 0.25) is 0 Å². The van der Waals surface area contributed by atoms with E-state index < -0.39 is 41.0 Å². The lowest BCUT2D eigenvalue weighted by Crippen LogP contribution is -2.56. The second kappa shape index (κ2) is 12.1. The first-order valence-electron chi connectivity index (χ1n) is 13.0. The molecule has 3 N–H and O–H groups in total. The number of pyridine rings is 1. The number of benzene rings is 2. The Morgan fingerprint density at radius 2 is 1.44 bits per heavy atom. The molecule has 1 aromatic heterocycles. The molecule has 204 valence electrons. The Labute approximate surface area is 227 Å². The largest absolute Gasteiger partial charge is 0.492 e. The van der Waals surface area contributed by atoms with Crippen LogP contribution in [0.1, 0.15) is 38.8 Å². The average molecular weight is 532 g/mol. The summed E-state index contributed by atoms with van der Waals surface area (Å²) in [5.41, 5.74) is -0.573. The van der Waals surface area contributed by atoms with Crippen molar-refractivity contribution in [2.24, 2.45) is 11.8 Å². The molecule has 0 saturated heterocycles. The van der Waals surface area contributed by atoms with Crippen molar-refractivity contribution in [3.8, 4) is 11.5 Å². The number of hydrogen-bond acceptors (Lipinski definition) is 7. The summed E-state index contributed by atoms with van der Waals surface area (Å²) in [6.45, 7) is 5.89. The Morgan fingerprint density at radius 1 is 0.897 bits per heavy atom. The number of aliphatic hydroxyl groups is 1. The Hall–Kier alpha value is -4.24. The number of carbonyl (C=O) groups is 3. The number of para-hydroxylation sites is 4. The van der Waals surface area contributed by atoms with Gasteiger partial charge in [-0.05, 0) is 57.2 Å². The minimum atomic E-state index is -1.75. The van der Waals surface area contributed by atoms with Gasteiger partial charge in [-0.3, -0.25) is 19.4 Å². The lowest BCUT2D eigenvalue weighted by molar-refractivity contribution is -0.151. The number of aromatic nitrogens is 1. The summed E-state index contributed by atoms with van der Waals surface area (Å²) in [6.07, 6.45) is 1.15. The van der Waals surface area contributed by atoms with Crippen LogP contribution in [-0.2, 0) is 14.4 Å². The molecule has 4 atom stereocenters. The van der Waals surface area contributed by atoms with Crippen molar-refractivity contribution in [1.82, 2.24) is 4.98 Å². The van der Waals surface area contributed by atoms with Crippen molar-refractivity contribution < 1.29 is 29.0 Å². The van der Waals surface area contributed by atoms with Crippen molar-refractivity contribution in [1.29, 1.82) is 0 Å². The number of anilines is 2. The van der Waals surface area contributed by atoms with Crippen molar-refractivity contribution in [2.75, 3.05) is 23.8 Å². The Kier molecular flexibility index (Phi) is 8.61. The molecule has 39 heavy (non-hydrogen) atoms. The van der Waals surface area contributed by atoms with E-state index in [0.717, 1.165) is 0 Å². The van der Waals surface area contributed by atoms with Gasteiger partial charge < -0.3 is 25.2 Å². The van der Waals surface area contributed by atoms with Gasteiger partial charge in [0.25, 0.3) is 0 Å². The Morgan fingerprint density at radius 3 is 1.97 bits per heavy atom. The van der Waals surface area contributed by atoms with E-state index >= 15 is 0 Å². The van der Waals surface area contributed by atoms with Crippen LogP contribution in [0.25, 0.3) is 0 Å². The summed E-state index contributed by atoms with van der Waals surface area (Å²) >= 11 is 0. The number of hydrogen-bond donors (Lipinski definition) is 3. The second-order valence-corrected chi connectivity index (χ2v) is 9.57. The summed E-state index contributed by atoms with van der Waals surface area (Å²) in [4.78, 5) is 45.5. The minimum Gasteiger partial charge on any atom is -0.492 e. The first-order valence-corrected chi connectivity index (χ1v) is 13.0. The summed E-state index contributed by atoms with van der Waals surface area (Å²) in [6, 6.07) is 18.9. The number of nitrogens with zero attached hydrogens (tertiary/aromatic N) is 1. The maximum absolute atomic E-state index is 13.9. The van der Waals surface area contributed by atoms with Gasteiger partial charge in [0, 0.05) is 24.2 Å². The van der Waals surface area contributed by atoms with Crippen LogP contribution in [0.3, 0.4) is 0 Å². The molecule has 1 fully saturated rings. The summed E-state index contributed by atoms with van der Waals surface area (Å²) in [5.74, 6) is -4.23. The van der Waals surface area contributed by atoms with Crippen LogP contribution in [0, 0.1) is 11.8 Å². The third kappa shape index (κ3) is 6.09. The van der Waals surface area contributed by atoms with Gasteiger partial charge in [0.2, 0.25) is 11.8 Å². The van der Waals surface area contributed by atoms with Crippen molar-refractivity contribution >= 4 is 29.0 Å². The molecule has 2 amide bonds. The quantitative estimate of drug-likeness (QED) is 0.353. The molecular weight excluding hydrogens is 498 g/mol. The Bertz CT molecular complexity index is 1330.